The van der Waals surface area contributed by atoms with Crippen molar-refractivity contribution >= 4 is 5.69 Å². The summed E-state index contributed by atoms with van der Waals surface area (Å²) < 4.78 is 13.7. The molecule has 3 aromatic rings. The van der Waals surface area contributed by atoms with Crippen LogP contribution in [0, 0.1) is 13.8 Å². The van der Waals surface area contributed by atoms with Crippen LogP contribution in [0.3, 0.4) is 0 Å². The fraction of sp³-hybridized carbons (Fsp3) is 0.536. The summed E-state index contributed by atoms with van der Waals surface area (Å²) in [5, 5.41) is 13.3. The van der Waals surface area contributed by atoms with E-state index in [2.05, 4.69) is 68.1 Å². The molecule has 192 valence electrons. The van der Waals surface area contributed by atoms with Crippen LogP contribution in [0.2, 0.25) is 0 Å². The standard InChI is InChI=1S/C28H38N6O2/c1-20-10-8-14-24(21(20)2)32-16-18-33(19-17-32)26(23-13-9-15-25(35-3)27(23)36-4)28-29-30-31-34(28)22-11-6-5-7-12-22/h8-10,13-15,22,26H,5-7,11-12,16-19H2,1-4H3/t26-/m0/s1. The highest BCUT2D eigenvalue weighted by molar-refractivity contribution is 5.56. The lowest BCUT2D eigenvalue weighted by Crippen LogP contribution is -2.48. The van der Waals surface area contributed by atoms with Crippen LogP contribution in [0.4, 0.5) is 5.69 Å². The van der Waals surface area contributed by atoms with Crippen LogP contribution in [0.5, 0.6) is 11.5 Å². The first-order valence-electron chi connectivity index (χ1n) is 13.2. The van der Waals surface area contributed by atoms with Crippen LogP contribution in [0.1, 0.15) is 66.7 Å². The molecular weight excluding hydrogens is 452 g/mol. The van der Waals surface area contributed by atoms with E-state index in [-0.39, 0.29) is 6.04 Å². The number of para-hydroxylation sites is 1. The summed E-state index contributed by atoms with van der Waals surface area (Å²) in [5.41, 5.74) is 5.07. The number of aryl methyl sites for hydroxylation is 1. The third kappa shape index (κ3) is 4.66. The van der Waals surface area contributed by atoms with Gasteiger partial charge >= 0.3 is 0 Å². The maximum absolute atomic E-state index is 5.90. The zero-order valence-electron chi connectivity index (χ0n) is 22.0. The van der Waals surface area contributed by atoms with Gasteiger partial charge in [-0.1, -0.05) is 43.5 Å². The van der Waals surface area contributed by atoms with Crippen LogP contribution in [0.25, 0.3) is 0 Å². The maximum Gasteiger partial charge on any atom is 0.173 e. The van der Waals surface area contributed by atoms with Crippen molar-refractivity contribution in [3.05, 3.63) is 58.9 Å². The number of aromatic nitrogens is 4. The summed E-state index contributed by atoms with van der Waals surface area (Å²) in [7, 11) is 3.40. The summed E-state index contributed by atoms with van der Waals surface area (Å²) in [6.07, 6.45) is 6.00. The molecule has 0 unspecified atom stereocenters. The van der Waals surface area contributed by atoms with E-state index >= 15 is 0 Å². The highest BCUT2D eigenvalue weighted by Crippen LogP contribution is 2.41. The Hall–Kier alpha value is -3.13. The first-order chi connectivity index (χ1) is 17.6. The first-order valence-corrected chi connectivity index (χ1v) is 13.2. The van der Waals surface area contributed by atoms with Gasteiger partial charge in [-0.2, -0.15) is 0 Å². The van der Waals surface area contributed by atoms with E-state index in [1.165, 1.54) is 36.1 Å². The molecule has 2 aromatic carbocycles. The smallest absolute Gasteiger partial charge is 0.173 e. The lowest BCUT2D eigenvalue weighted by Gasteiger charge is -2.41. The average Bonchev–Trinajstić information content (AvgIpc) is 3.40. The van der Waals surface area contributed by atoms with Crippen molar-refractivity contribution in [1.29, 1.82) is 0 Å². The van der Waals surface area contributed by atoms with E-state index in [9.17, 15) is 0 Å². The van der Waals surface area contributed by atoms with Gasteiger partial charge in [-0.3, -0.25) is 4.90 Å². The Labute approximate surface area is 214 Å². The van der Waals surface area contributed by atoms with E-state index in [4.69, 9.17) is 9.47 Å². The summed E-state index contributed by atoms with van der Waals surface area (Å²) in [6.45, 7) is 8.09. The molecule has 0 amide bonds. The van der Waals surface area contributed by atoms with Gasteiger partial charge in [0, 0.05) is 37.4 Å². The number of rotatable bonds is 7. The number of nitrogens with zero attached hydrogens (tertiary/aromatic N) is 6. The summed E-state index contributed by atoms with van der Waals surface area (Å²) in [6, 6.07) is 12.9. The molecule has 2 fully saturated rings. The zero-order valence-corrected chi connectivity index (χ0v) is 22.0. The minimum absolute atomic E-state index is 0.118. The predicted octanol–water partition coefficient (Wildman–Crippen LogP) is 4.72. The van der Waals surface area contributed by atoms with Crippen molar-refractivity contribution in [3.8, 4) is 11.5 Å². The third-order valence-corrected chi connectivity index (χ3v) is 8.01. The third-order valence-electron chi connectivity index (χ3n) is 8.01. The Balaban J connectivity index is 1.50. The van der Waals surface area contributed by atoms with Crippen molar-refractivity contribution in [2.45, 2.75) is 58.0 Å². The minimum atomic E-state index is -0.118. The number of piperazine rings is 1. The molecule has 1 saturated carbocycles. The Bertz CT molecular complexity index is 1160. The molecule has 36 heavy (non-hydrogen) atoms. The largest absolute Gasteiger partial charge is 0.493 e. The Morgan fingerprint density at radius 3 is 2.36 bits per heavy atom. The molecule has 0 bridgehead atoms. The normalized spacial score (nSPS) is 18.3. The number of methoxy groups -OCH3 is 2. The van der Waals surface area contributed by atoms with Gasteiger partial charge in [-0.25, -0.2) is 4.68 Å². The molecule has 0 radical (unpaired) electrons. The monoisotopic (exact) mass is 490 g/mol. The molecule has 0 spiro atoms. The molecule has 8 heteroatoms. The maximum atomic E-state index is 5.90. The van der Waals surface area contributed by atoms with Gasteiger partial charge in [0.05, 0.1) is 20.3 Å². The average molecular weight is 491 g/mol. The SMILES string of the molecule is COc1cccc([C@@H](c2nnnn2C2CCCCC2)N2CCN(c3cccc(C)c3C)CC2)c1OC. The van der Waals surface area contributed by atoms with Crippen molar-refractivity contribution in [2.75, 3.05) is 45.3 Å². The van der Waals surface area contributed by atoms with Crippen LogP contribution >= 0.6 is 0 Å². The van der Waals surface area contributed by atoms with E-state index in [1.54, 1.807) is 14.2 Å². The van der Waals surface area contributed by atoms with Crippen molar-refractivity contribution in [2.24, 2.45) is 0 Å². The topological polar surface area (TPSA) is 68.5 Å². The van der Waals surface area contributed by atoms with Crippen molar-refractivity contribution < 1.29 is 9.47 Å². The lowest BCUT2D eigenvalue weighted by atomic mass is 9.94. The van der Waals surface area contributed by atoms with Gasteiger partial charge < -0.3 is 14.4 Å². The number of benzene rings is 2. The lowest BCUT2D eigenvalue weighted by molar-refractivity contribution is 0.189. The fourth-order valence-corrected chi connectivity index (χ4v) is 5.89. The molecule has 5 rings (SSSR count). The van der Waals surface area contributed by atoms with E-state index in [0.717, 1.165) is 61.9 Å². The van der Waals surface area contributed by atoms with Crippen LogP contribution in [0.15, 0.2) is 36.4 Å². The van der Waals surface area contributed by atoms with E-state index in [0.29, 0.717) is 6.04 Å². The second-order valence-corrected chi connectivity index (χ2v) is 10.0. The summed E-state index contributed by atoms with van der Waals surface area (Å²) in [5.74, 6) is 2.37. The molecule has 1 aliphatic heterocycles. The summed E-state index contributed by atoms with van der Waals surface area (Å²) in [4.78, 5) is 5.01. The summed E-state index contributed by atoms with van der Waals surface area (Å²) >= 11 is 0. The number of tetrazole rings is 1. The molecule has 8 nitrogen and oxygen atoms in total. The molecule has 1 aliphatic carbocycles. The highest BCUT2D eigenvalue weighted by Gasteiger charge is 2.35. The van der Waals surface area contributed by atoms with Crippen molar-refractivity contribution in [1.82, 2.24) is 25.1 Å². The fourth-order valence-electron chi connectivity index (χ4n) is 5.89. The van der Waals surface area contributed by atoms with Gasteiger partial charge in [-0.05, 0) is 60.4 Å². The molecule has 2 aliphatic rings. The molecule has 2 heterocycles. The number of anilines is 1. The van der Waals surface area contributed by atoms with Gasteiger partial charge in [0.15, 0.2) is 17.3 Å². The number of hydrogen-bond donors (Lipinski definition) is 0. The second kappa shape index (κ2) is 10.9. The van der Waals surface area contributed by atoms with Gasteiger partial charge in [-0.15, -0.1) is 5.10 Å². The quantitative estimate of drug-likeness (QED) is 0.474. The second-order valence-electron chi connectivity index (χ2n) is 10.0. The van der Waals surface area contributed by atoms with Crippen molar-refractivity contribution in [3.63, 3.8) is 0 Å². The zero-order chi connectivity index (χ0) is 25.1. The number of hydrogen-bond acceptors (Lipinski definition) is 7. The molecule has 1 aromatic heterocycles. The molecular formula is C28H38N6O2. The van der Waals surface area contributed by atoms with E-state index in [1.807, 2.05) is 12.1 Å². The molecule has 1 saturated heterocycles. The molecule has 1 atom stereocenters. The Morgan fingerprint density at radius 2 is 1.64 bits per heavy atom. The van der Waals surface area contributed by atoms with Crippen LogP contribution in [-0.4, -0.2) is 65.5 Å². The highest BCUT2D eigenvalue weighted by atomic mass is 16.5. The number of ether oxygens (including phenoxy) is 2. The van der Waals surface area contributed by atoms with Crippen LogP contribution < -0.4 is 14.4 Å². The van der Waals surface area contributed by atoms with Crippen LogP contribution in [-0.2, 0) is 0 Å². The van der Waals surface area contributed by atoms with Gasteiger partial charge in [0.2, 0.25) is 0 Å². The van der Waals surface area contributed by atoms with Gasteiger partial charge in [0.25, 0.3) is 0 Å². The first kappa shape index (κ1) is 24.6. The van der Waals surface area contributed by atoms with Gasteiger partial charge in [0.1, 0.15) is 6.04 Å². The molecule has 0 N–H and O–H groups in total. The predicted molar refractivity (Wildman–Crippen MR) is 141 cm³/mol. The Morgan fingerprint density at radius 1 is 0.889 bits per heavy atom. The Kier molecular flexibility index (Phi) is 7.41. The minimum Gasteiger partial charge on any atom is -0.493 e. The van der Waals surface area contributed by atoms with E-state index < -0.39 is 0 Å².